The molecule has 1 aliphatic heterocycles. The summed E-state index contributed by atoms with van der Waals surface area (Å²) in [6, 6.07) is 13.1. The molecule has 1 aliphatic rings. The predicted octanol–water partition coefficient (Wildman–Crippen LogP) is 5.17. The fourth-order valence-corrected chi connectivity index (χ4v) is 4.03. The molecular formula is C27H28N2O5. The summed E-state index contributed by atoms with van der Waals surface area (Å²) in [6.45, 7) is 4.73. The quantitative estimate of drug-likeness (QED) is 0.205. The van der Waals surface area contributed by atoms with E-state index in [1.165, 1.54) is 4.90 Å². The molecule has 0 spiro atoms. The molecule has 0 radical (unpaired) electrons. The van der Waals surface area contributed by atoms with E-state index in [-0.39, 0.29) is 17.9 Å². The molecule has 4 rings (SSSR count). The van der Waals surface area contributed by atoms with Crippen LogP contribution in [0, 0.1) is 6.92 Å². The fraction of sp³-hybridized carbons (Fsp3) is 0.296. The van der Waals surface area contributed by atoms with Crippen LogP contribution >= 0.6 is 0 Å². The number of ether oxygens (including phenoxy) is 1. The number of nitrogens with zero attached hydrogens (tertiary/aromatic N) is 2. The Morgan fingerprint density at radius 3 is 2.44 bits per heavy atom. The highest BCUT2D eigenvalue weighted by molar-refractivity contribution is 6.46. The Kier molecular flexibility index (Phi) is 7.11. The lowest BCUT2D eigenvalue weighted by Gasteiger charge is -2.23. The fourth-order valence-electron chi connectivity index (χ4n) is 4.03. The summed E-state index contributed by atoms with van der Waals surface area (Å²) in [6.07, 6.45) is 6.45. The van der Waals surface area contributed by atoms with E-state index in [1.54, 1.807) is 67.8 Å². The Balaban J connectivity index is 1.68. The first-order valence-electron chi connectivity index (χ1n) is 11.5. The van der Waals surface area contributed by atoms with Gasteiger partial charge in [-0.3, -0.25) is 14.6 Å². The largest absolute Gasteiger partial charge is 0.507 e. The second kappa shape index (κ2) is 10.4. The molecule has 34 heavy (non-hydrogen) atoms. The normalized spacial score (nSPS) is 17.4. The van der Waals surface area contributed by atoms with Crippen LogP contribution in [0.1, 0.15) is 54.9 Å². The third-order valence-corrected chi connectivity index (χ3v) is 5.82. The first-order chi connectivity index (χ1) is 16.5. The number of likely N-dealkylation sites (tertiary alicyclic amines) is 1. The maximum absolute atomic E-state index is 13.1. The topological polar surface area (TPSA) is 92.9 Å². The second-order valence-corrected chi connectivity index (χ2v) is 8.31. The zero-order chi connectivity index (χ0) is 24.1. The van der Waals surface area contributed by atoms with Crippen LogP contribution < -0.4 is 4.74 Å². The van der Waals surface area contributed by atoms with Crippen LogP contribution in [-0.2, 0) is 16.1 Å². The number of hydrogen-bond donors (Lipinski definition) is 1. The number of pyridine rings is 1. The molecule has 7 nitrogen and oxygen atoms in total. The Morgan fingerprint density at radius 1 is 1.06 bits per heavy atom. The Bertz CT molecular complexity index is 1180. The molecule has 3 aromatic rings. The van der Waals surface area contributed by atoms with Gasteiger partial charge in [0.25, 0.3) is 11.7 Å². The maximum atomic E-state index is 13.1. The number of ketones is 1. The molecule has 1 fully saturated rings. The van der Waals surface area contributed by atoms with Crippen LogP contribution in [0.4, 0.5) is 0 Å². The van der Waals surface area contributed by atoms with E-state index in [9.17, 15) is 14.7 Å². The SMILES string of the molecule is CCCCCOc1ccc(/C(O)=C2/C(=O)C(=O)N(Cc3ccncc3)C2c2ccc(C)o2)cc1. The lowest BCUT2D eigenvalue weighted by Crippen LogP contribution is -2.29. The zero-order valence-electron chi connectivity index (χ0n) is 19.4. The number of aliphatic hydroxyl groups is 1. The van der Waals surface area contributed by atoms with Gasteiger partial charge in [0.15, 0.2) is 0 Å². The Hall–Kier alpha value is -3.87. The molecule has 0 bridgehead atoms. The number of hydrogen-bond acceptors (Lipinski definition) is 6. The van der Waals surface area contributed by atoms with Crippen molar-refractivity contribution >= 4 is 17.4 Å². The summed E-state index contributed by atoms with van der Waals surface area (Å²) < 4.78 is 11.5. The van der Waals surface area contributed by atoms with Crippen LogP contribution in [0.5, 0.6) is 5.75 Å². The second-order valence-electron chi connectivity index (χ2n) is 8.31. The molecule has 1 atom stereocenters. The number of rotatable bonds is 9. The summed E-state index contributed by atoms with van der Waals surface area (Å²) in [5.74, 6) is 0.0761. The number of aromatic nitrogens is 1. The smallest absolute Gasteiger partial charge is 0.296 e. The van der Waals surface area contributed by atoms with Crippen LogP contribution in [0.2, 0.25) is 0 Å². The van der Waals surface area contributed by atoms with Crippen molar-refractivity contribution in [1.82, 2.24) is 9.88 Å². The standard InChI is InChI=1S/C27H28N2O5/c1-3-4-5-16-33-21-9-7-20(8-10-21)25(30)23-24(22-11-6-18(2)34-22)29(27(32)26(23)31)17-19-12-14-28-15-13-19/h6-15,24,30H,3-5,16-17H2,1-2H3/b25-23-. The van der Waals surface area contributed by atoms with E-state index >= 15 is 0 Å². The van der Waals surface area contributed by atoms with Gasteiger partial charge in [-0.25, -0.2) is 0 Å². The molecule has 3 heterocycles. The number of unbranched alkanes of at least 4 members (excludes halogenated alkanes) is 2. The number of aliphatic hydroxyl groups excluding tert-OH is 1. The van der Waals surface area contributed by atoms with E-state index < -0.39 is 17.7 Å². The minimum atomic E-state index is -0.841. The molecule has 2 aromatic heterocycles. The maximum Gasteiger partial charge on any atom is 0.296 e. The summed E-state index contributed by atoms with van der Waals surface area (Å²) in [7, 11) is 0. The van der Waals surface area contributed by atoms with Gasteiger partial charge < -0.3 is 19.2 Å². The van der Waals surface area contributed by atoms with E-state index in [1.807, 2.05) is 0 Å². The summed E-state index contributed by atoms with van der Waals surface area (Å²) >= 11 is 0. The van der Waals surface area contributed by atoms with Crippen molar-refractivity contribution in [2.75, 3.05) is 6.61 Å². The molecule has 1 unspecified atom stereocenters. The summed E-state index contributed by atoms with van der Waals surface area (Å²) in [5, 5.41) is 11.2. The van der Waals surface area contributed by atoms with Crippen molar-refractivity contribution in [2.45, 2.75) is 45.7 Å². The first kappa shape index (κ1) is 23.3. The molecule has 176 valence electrons. The Labute approximate surface area is 198 Å². The van der Waals surface area contributed by atoms with Gasteiger partial charge in [0.05, 0.1) is 12.2 Å². The van der Waals surface area contributed by atoms with Gasteiger partial charge in [-0.2, -0.15) is 0 Å². The highest BCUT2D eigenvalue weighted by Gasteiger charge is 2.47. The number of carbonyl (C=O) groups is 2. The number of furan rings is 1. The first-order valence-corrected chi connectivity index (χ1v) is 11.5. The number of aryl methyl sites for hydroxylation is 1. The molecule has 0 saturated carbocycles. The van der Waals surface area contributed by atoms with Crippen LogP contribution in [0.25, 0.3) is 5.76 Å². The van der Waals surface area contributed by atoms with E-state index in [0.717, 1.165) is 24.8 Å². The highest BCUT2D eigenvalue weighted by atomic mass is 16.5. The highest BCUT2D eigenvalue weighted by Crippen LogP contribution is 2.41. The van der Waals surface area contributed by atoms with Gasteiger partial charge in [-0.15, -0.1) is 0 Å². The van der Waals surface area contributed by atoms with Crippen molar-refractivity contribution in [3.05, 3.63) is 89.1 Å². The van der Waals surface area contributed by atoms with E-state index in [0.29, 0.717) is 29.4 Å². The van der Waals surface area contributed by atoms with Gasteiger partial charge in [0.1, 0.15) is 29.1 Å². The zero-order valence-corrected chi connectivity index (χ0v) is 19.4. The summed E-state index contributed by atoms with van der Waals surface area (Å²) in [5.41, 5.74) is 1.25. The van der Waals surface area contributed by atoms with Crippen LogP contribution in [0.3, 0.4) is 0 Å². The molecule has 0 aliphatic carbocycles. The average Bonchev–Trinajstić information content (AvgIpc) is 3.38. The molecular weight excluding hydrogens is 432 g/mol. The molecule has 1 aromatic carbocycles. The van der Waals surface area contributed by atoms with Crippen molar-refractivity contribution in [3.8, 4) is 5.75 Å². The number of Topliss-reactive ketones (excluding diaryl/α,β-unsaturated/α-hetero) is 1. The van der Waals surface area contributed by atoms with Gasteiger partial charge in [-0.1, -0.05) is 19.8 Å². The monoisotopic (exact) mass is 460 g/mol. The number of benzene rings is 1. The lowest BCUT2D eigenvalue weighted by molar-refractivity contribution is -0.140. The number of amides is 1. The van der Waals surface area contributed by atoms with E-state index in [4.69, 9.17) is 9.15 Å². The third-order valence-electron chi connectivity index (χ3n) is 5.82. The summed E-state index contributed by atoms with van der Waals surface area (Å²) in [4.78, 5) is 31.5. The van der Waals surface area contributed by atoms with Gasteiger partial charge in [0.2, 0.25) is 0 Å². The molecule has 1 saturated heterocycles. The number of carbonyl (C=O) groups excluding carboxylic acids is 2. The van der Waals surface area contributed by atoms with E-state index in [2.05, 4.69) is 11.9 Å². The minimum absolute atomic E-state index is 0.00465. The minimum Gasteiger partial charge on any atom is -0.507 e. The van der Waals surface area contributed by atoms with Crippen LogP contribution in [0.15, 0.2) is 70.9 Å². The molecule has 1 amide bonds. The molecule has 1 N–H and O–H groups in total. The molecule has 7 heteroatoms. The van der Waals surface area contributed by atoms with Crippen LogP contribution in [-0.4, -0.2) is 33.3 Å². The van der Waals surface area contributed by atoms with Crippen molar-refractivity contribution in [2.24, 2.45) is 0 Å². The van der Waals surface area contributed by atoms with Crippen molar-refractivity contribution < 1.29 is 23.8 Å². The predicted molar refractivity (Wildman–Crippen MR) is 127 cm³/mol. The van der Waals surface area contributed by atoms with Crippen molar-refractivity contribution in [1.29, 1.82) is 0 Å². The lowest BCUT2D eigenvalue weighted by atomic mass is 9.99. The third kappa shape index (κ3) is 4.88. The average molecular weight is 461 g/mol. The Morgan fingerprint density at radius 2 is 1.79 bits per heavy atom. The van der Waals surface area contributed by atoms with Gasteiger partial charge >= 0.3 is 0 Å². The van der Waals surface area contributed by atoms with Gasteiger partial charge in [-0.05, 0) is 67.4 Å². The van der Waals surface area contributed by atoms with Gasteiger partial charge in [0, 0.05) is 24.5 Å². The van der Waals surface area contributed by atoms with Crippen molar-refractivity contribution in [3.63, 3.8) is 0 Å².